The number of rotatable bonds is 3. The molecule has 0 spiro atoms. The predicted molar refractivity (Wildman–Crippen MR) is 77.2 cm³/mol. The van der Waals surface area contributed by atoms with Gasteiger partial charge in [0.2, 0.25) is 0 Å². The topological polar surface area (TPSA) is 63.5 Å². The van der Waals surface area contributed by atoms with Gasteiger partial charge in [0.1, 0.15) is 5.82 Å². The van der Waals surface area contributed by atoms with Crippen LogP contribution in [0.5, 0.6) is 0 Å². The monoisotopic (exact) mass is 308 g/mol. The maximum Gasteiger partial charge on any atom is 0.270 e. The summed E-state index contributed by atoms with van der Waals surface area (Å²) in [7, 11) is 1.40. The molecule has 0 aliphatic heterocycles. The Morgan fingerprint density at radius 2 is 1.95 bits per heavy atom. The van der Waals surface area contributed by atoms with Crippen LogP contribution in [-0.4, -0.2) is 17.9 Å². The van der Waals surface area contributed by atoms with Crippen molar-refractivity contribution in [2.45, 2.75) is 0 Å². The van der Waals surface area contributed by atoms with Gasteiger partial charge in [0.25, 0.3) is 11.6 Å². The minimum absolute atomic E-state index is 0.0580. The van der Waals surface area contributed by atoms with Gasteiger partial charge >= 0.3 is 0 Å². The first-order chi connectivity index (χ1) is 9.91. The molecule has 0 N–H and O–H groups in total. The van der Waals surface area contributed by atoms with Crippen molar-refractivity contribution in [3.8, 4) is 0 Å². The lowest BCUT2D eigenvalue weighted by molar-refractivity contribution is -0.384. The van der Waals surface area contributed by atoms with E-state index in [2.05, 4.69) is 0 Å². The van der Waals surface area contributed by atoms with E-state index in [1.165, 1.54) is 37.4 Å². The van der Waals surface area contributed by atoms with Crippen molar-refractivity contribution in [2.75, 3.05) is 11.9 Å². The minimum Gasteiger partial charge on any atom is -0.309 e. The number of halogens is 2. The summed E-state index contributed by atoms with van der Waals surface area (Å²) in [5.41, 5.74) is -0.0602. The lowest BCUT2D eigenvalue weighted by Gasteiger charge is -2.18. The van der Waals surface area contributed by atoms with Gasteiger partial charge in [-0.1, -0.05) is 23.7 Å². The van der Waals surface area contributed by atoms with E-state index >= 15 is 0 Å². The Hall–Kier alpha value is -2.47. The van der Waals surface area contributed by atoms with E-state index in [4.69, 9.17) is 11.6 Å². The van der Waals surface area contributed by atoms with Crippen LogP contribution in [0.15, 0.2) is 42.5 Å². The van der Waals surface area contributed by atoms with E-state index in [-0.39, 0.29) is 22.0 Å². The van der Waals surface area contributed by atoms with Crippen molar-refractivity contribution in [2.24, 2.45) is 0 Å². The van der Waals surface area contributed by atoms with Gasteiger partial charge in [-0.3, -0.25) is 14.9 Å². The molecular formula is C14H10ClFN2O3. The predicted octanol–water partition coefficient (Wildman–Crippen LogP) is 3.66. The number of hydrogen-bond acceptors (Lipinski definition) is 3. The fourth-order valence-electron chi connectivity index (χ4n) is 1.80. The molecule has 0 unspecified atom stereocenters. The Bertz CT molecular complexity index is 721. The van der Waals surface area contributed by atoms with Gasteiger partial charge in [0.15, 0.2) is 0 Å². The highest BCUT2D eigenvalue weighted by molar-refractivity contribution is 6.34. The Balaban J connectivity index is 2.36. The molecule has 0 aliphatic rings. The highest BCUT2D eigenvalue weighted by Crippen LogP contribution is 2.26. The molecule has 0 radical (unpaired) electrons. The second-order valence-electron chi connectivity index (χ2n) is 4.24. The number of carbonyl (C=O) groups excluding carboxylic acids is 1. The molecule has 2 aromatic carbocycles. The summed E-state index contributed by atoms with van der Waals surface area (Å²) in [5, 5.41) is 10.6. The van der Waals surface area contributed by atoms with Crippen LogP contribution < -0.4 is 4.90 Å². The molecule has 1 amide bonds. The number of anilines is 1. The molecule has 21 heavy (non-hydrogen) atoms. The molecule has 0 bridgehead atoms. The summed E-state index contributed by atoms with van der Waals surface area (Å²) in [6.45, 7) is 0. The van der Waals surface area contributed by atoms with Gasteiger partial charge in [0, 0.05) is 19.2 Å². The van der Waals surface area contributed by atoms with Gasteiger partial charge in [-0.15, -0.1) is 0 Å². The Kier molecular flexibility index (Phi) is 4.18. The second-order valence-corrected chi connectivity index (χ2v) is 4.64. The number of non-ortho nitro benzene ring substituents is 1. The quantitative estimate of drug-likeness (QED) is 0.642. The number of carbonyl (C=O) groups is 1. The molecule has 0 saturated heterocycles. The highest BCUT2D eigenvalue weighted by atomic mass is 35.5. The number of para-hydroxylation sites is 1. The zero-order valence-corrected chi connectivity index (χ0v) is 11.7. The molecule has 0 fully saturated rings. The fraction of sp³-hybridized carbons (Fsp3) is 0.0714. The molecular weight excluding hydrogens is 299 g/mol. The summed E-state index contributed by atoms with van der Waals surface area (Å²) in [6.07, 6.45) is 0. The Labute approximate surface area is 124 Å². The number of nitro groups is 1. The molecule has 0 aliphatic carbocycles. The summed E-state index contributed by atoms with van der Waals surface area (Å²) in [6, 6.07) is 9.30. The average molecular weight is 309 g/mol. The Morgan fingerprint density at radius 3 is 2.52 bits per heavy atom. The van der Waals surface area contributed by atoms with Gasteiger partial charge < -0.3 is 4.90 Å². The number of hydrogen-bond donors (Lipinski definition) is 0. The molecule has 0 atom stereocenters. The van der Waals surface area contributed by atoms with E-state index in [0.29, 0.717) is 0 Å². The van der Waals surface area contributed by atoms with Gasteiger partial charge in [-0.05, 0) is 18.2 Å². The van der Waals surface area contributed by atoms with Crippen LogP contribution in [0.2, 0.25) is 5.02 Å². The lowest BCUT2D eigenvalue weighted by atomic mass is 10.1. The van der Waals surface area contributed by atoms with Gasteiger partial charge in [-0.2, -0.15) is 0 Å². The average Bonchev–Trinajstić information content (AvgIpc) is 2.46. The van der Waals surface area contributed by atoms with Crippen molar-refractivity contribution in [3.63, 3.8) is 0 Å². The fourth-order valence-corrected chi connectivity index (χ4v) is 2.06. The summed E-state index contributed by atoms with van der Waals surface area (Å²) < 4.78 is 13.7. The molecule has 108 valence electrons. The Morgan fingerprint density at radius 1 is 1.29 bits per heavy atom. The second kappa shape index (κ2) is 5.88. The third-order valence-electron chi connectivity index (χ3n) is 2.91. The largest absolute Gasteiger partial charge is 0.309 e. The van der Waals surface area contributed by atoms with Crippen LogP contribution in [-0.2, 0) is 0 Å². The van der Waals surface area contributed by atoms with E-state index in [1.54, 1.807) is 6.07 Å². The van der Waals surface area contributed by atoms with Crippen LogP contribution in [0.4, 0.5) is 15.8 Å². The first kappa shape index (κ1) is 14.9. The van der Waals surface area contributed by atoms with Gasteiger partial charge in [0.05, 0.1) is 21.2 Å². The van der Waals surface area contributed by atoms with Crippen molar-refractivity contribution in [1.29, 1.82) is 0 Å². The molecule has 2 rings (SSSR count). The van der Waals surface area contributed by atoms with Crippen LogP contribution in [0.25, 0.3) is 0 Å². The number of nitro benzene ring substituents is 1. The lowest BCUT2D eigenvalue weighted by Crippen LogP contribution is -2.27. The zero-order valence-electron chi connectivity index (χ0n) is 10.9. The molecule has 0 heterocycles. The SMILES string of the molecule is CN(C(=O)c1ccc([N+](=O)[O-])cc1Cl)c1ccccc1F. The van der Waals surface area contributed by atoms with Crippen molar-refractivity contribution in [3.05, 3.63) is 69.0 Å². The van der Waals surface area contributed by atoms with Crippen molar-refractivity contribution in [1.82, 2.24) is 0 Å². The number of amides is 1. The maximum atomic E-state index is 13.7. The maximum absolute atomic E-state index is 13.7. The van der Waals surface area contributed by atoms with Gasteiger partial charge in [-0.25, -0.2) is 4.39 Å². The van der Waals surface area contributed by atoms with E-state index in [0.717, 1.165) is 11.0 Å². The highest BCUT2D eigenvalue weighted by Gasteiger charge is 2.20. The number of nitrogens with zero attached hydrogens (tertiary/aromatic N) is 2. The first-order valence-electron chi connectivity index (χ1n) is 5.88. The first-order valence-corrected chi connectivity index (χ1v) is 6.26. The van der Waals surface area contributed by atoms with Crippen molar-refractivity contribution >= 4 is 28.9 Å². The molecule has 0 saturated carbocycles. The normalized spacial score (nSPS) is 10.2. The summed E-state index contributed by atoms with van der Waals surface area (Å²) in [5.74, 6) is -1.11. The minimum atomic E-state index is -0.610. The third kappa shape index (κ3) is 3.00. The zero-order chi connectivity index (χ0) is 15.6. The van der Waals surface area contributed by atoms with Crippen LogP contribution in [0.1, 0.15) is 10.4 Å². The number of benzene rings is 2. The molecule has 0 aromatic heterocycles. The van der Waals surface area contributed by atoms with E-state index in [1.807, 2.05) is 0 Å². The standard InChI is InChI=1S/C14H10ClFN2O3/c1-17(13-5-3-2-4-12(13)16)14(19)10-7-6-9(18(20)21)8-11(10)15/h2-8H,1H3. The van der Waals surface area contributed by atoms with Crippen LogP contribution >= 0.6 is 11.6 Å². The van der Waals surface area contributed by atoms with Crippen LogP contribution in [0.3, 0.4) is 0 Å². The molecule has 7 heteroatoms. The molecule has 2 aromatic rings. The van der Waals surface area contributed by atoms with E-state index < -0.39 is 16.6 Å². The summed E-state index contributed by atoms with van der Waals surface area (Å²) >= 11 is 5.89. The molecule has 5 nitrogen and oxygen atoms in total. The third-order valence-corrected chi connectivity index (χ3v) is 3.23. The van der Waals surface area contributed by atoms with E-state index in [9.17, 15) is 19.3 Å². The smallest absolute Gasteiger partial charge is 0.270 e. The van der Waals surface area contributed by atoms with Crippen LogP contribution in [0, 0.1) is 15.9 Å². The summed E-state index contributed by atoms with van der Waals surface area (Å²) in [4.78, 5) is 23.4. The van der Waals surface area contributed by atoms with Crippen molar-refractivity contribution < 1.29 is 14.1 Å².